The number of nitrogens with two attached hydrogens (primary N) is 1. The fraction of sp³-hybridized carbons (Fsp3) is 0.318. The number of anilines is 2. The molecule has 2 aromatic rings. The molecule has 148 valence electrons. The summed E-state index contributed by atoms with van der Waals surface area (Å²) in [5, 5.41) is 4.95. The number of imide groups is 1. The summed E-state index contributed by atoms with van der Waals surface area (Å²) in [4.78, 5) is 41.7. The monoisotopic (exact) mass is 408 g/mol. The summed E-state index contributed by atoms with van der Waals surface area (Å²) in [6.45, 7) is 0. The molecule has 0 unspecified atom stereocenters. The highest BCUT2D eigenvalue weighted by Gasteiger charge is 2.74. The number of thioether (sulfide) groups is 1. The van der Waals surface area contributed by atoms with Crippen LogP contribution < -0.4 is 15.5 Å². The van der Waals surface area contributed by atoms with E-state index in [1.165, 1.54) is 4.90 Å². The Labute approximate surface area is 173 Å². The number of carbonyl (C=O) groups excluding carboxylic acids is 3. The van der Waals surface area contributed by atoms with Gasteiger partial charge in [0.15, 0.2) is 0 Å². The minimum atomic E-state index is -1.08. The molecular formula is C22H22N3O3S+. The third-order valence-corrected chi connectivity index (χ3v) is 7.09. The second kappa shape index (κ2) is 6.71. The van der Waals surface area contributed by atoms with Crippen molar-refractivity contribution in [2.75, 3.05) is 22.2 Å². The number of hydrogen-bond donors (Lipinski definition) is 2. The SMILES string of the molecule is CSCC[C@@H]1[NH2+][C@@]2(C(=O)Nc3ccccc32)[C@@H]2C(=O)N(c3ccccc3)C(=O)[C@H]12. The maximum absolute atomic E-state index is 13.6. The molecule has 3 aliphatic rings. The molecule has 2 saturated heterocycles. The highest BCUT2D eigenvalue weighted by atomic mass is 32.2. The number of rotatable bonds is 4. The zero-order valence-corrected chi connectivity index (χ0v) is 16.8. The van der Waals surface area contributed by atoms with E-state index in [0.29, 0.717) is 5.69 Å². The first-order valence-corrected chi connectivity index (χ1v) is 11.2. The molecule has 2 aromatic carbocycles. The summed E-state index contributed by atoms with van der Waals surface area (Å²) in [6.07, 6.45) is 2.79. The molecule has 0 aromatic heterocycles. The van der Waals surface area contributed by atoms with Crippen molar-refractivity contribution in [1.29, 1.82) is 0 Å². The van der Waals surface area contributed by atoms with Gasteiger partial charge in [-0.25, -0.2) is 4.90 Å². The van der Waals surface area contributed by atoms with Gasteiger partial charge < -0.3 is 10.6 Å². The zero-order chi connectivity index (χ0) is 20.2. The van der Waals surface area contributed by atoms with Gasteiger partial charge in [0.2, 0.25) is 17.4 Å². The second-order valence-electron chi connectivity index (χ2n) is 7.83. The van der Waals surface area contributed by atoms with Crippen molar-refractivity contribution in [1.82, 2.24) is 0 Å². The van der Waals surface area contributed by atoms with E-state index in [-0.39, 0.29) is 23.8 Å². The summed E-state index contributed by atoms with van der Waals surface area (Å²) in [6, 6.07) is 16.4. The molecule has 4 atom stereocenters. The first-order valence-electron chi connectivity index (χ1n) is 9.78. The van der Waals surface area contributed by atoms with Crippen LogP contribution in [0.3, 0.4) is 0 Å². The second-order valence-corrected chi connectivity index (χ2v) is 8.82. The summed E-state index contributed by atoms with van der Waals surface area (Å²) >= 11 is 1.71. The van der Waals surface area contributed by atoms with Gasteiger partial charge in [-0.3, -0.25) is 14.4 Å². The van der Waals surface area contributed by atoms with Gasteiger partial charge in [0.05, 0.1) is 11.4 Å². The van der Waals surface area contributed by atoms with Gasteiger partial charge in [-0.1, -0.05) is 36.4 Å². The van der Waals surface area contributed by atoms with Gasteiger partial charge in [-0.05, 0) is 30.2 Å². The number of nitrogens with zero attached hydrogens (tertiary/aromatic N) is 1. The Hall–Kier alpha value is -2.64. The number of hydrogen-bond acceptors (Lipinski definition) is 4. The Bertz CT molecular complexity index is 1010. The maximum atomic E-state index is 13.6. The molecule has 7 heteroatoms. The van der Waals surface area contributed by atoms with Gasteiger partial charge in [-0.2, -0.15) is 11.8 Å². The molecular weight excluding hydrogens is 386 g/mol. The van der Waals surface area contributed by atoms with Gasteiger partial charge in [-0.15, -0.1) is 0 Å². The predicted octanol–water partition coefficient (Wildman–Crippen LogP) is 1.34. The number of carbonyl (C=O) groups is 3. The van der Waals surface area contributed by atoms with E-state index in [4.69, 9.17) is 0 Å². The molecule has 3 aliphatic heterocycles. The molecule has 3 amide bonds. The van der Waals surface area contributed by atoms with Crippen LogP contribution in [-0.4, -0.2) is 35.8 Å². The summed E-state index contributed by atoms with van der Waals surface area (Å²) in [5.41, 5.74) is 1.03. The summed E-state index contributed by atoms with van der Waals surface area (Å²) in [7, 11) is 0. The smallest absolute Gasteiger partial charge is 0.291 e. The highest BCUT2D eigenvalue weighted by molar-refractivity contribution is 7.98. The van der Waals surface area contributed by atoms with Gasteiger partial charge in [0.1, 0.15) is 17.9 Å². The number of amides is 3. The molecule has 0 saturated carbocycles. The average molecular weight is 409 g/mol. The Balaban J connectivity index is 1.65. The standard InChI is InChI=1S/C22H21N3O3S/c1-29-12-11-16-17-18(20(27)25(19(17)26)13-7-3-2-4-8-13)22(24-16)14-9-5-6-10-15(14)23-21(22)28/h2-10,16-18,24H,11-12H2,1H3,(H,23,28)/p+1/t16-,17+,18-,22+/m0/s1. The van der Waals surface area contributed by atoms with Crippen molar-refractivity contribution >= 4 is 40.9 Å². The molecule has 5 rings (SSSR count). The molecule has 29 heavy (non-hydrogen) atoms. The largest absolute Gasteiger partial charge is 0.326 e. The van der Waals surface area contributed by atoms with Crippen molar-refractivity contribution in [2.45, 2.75) is 18.0 Å². The molecule has 3 heterocycles. The molecule has 6 nitrogen and oxygen atoms in total. The van der Waals surface area contributed by atoms with Crippen LogP contribution in [0.4, 0.5) is 11.4 Å². The third kappa shape index (κ3) is 2.44. The third-order valence-electron chi connectivity index (χ3n) is 6.45. The average Bonchev–Trinajstić information content (AvgIpc) is 3.32. The van der Waals surface area contributed by atoms with Crippen LogP contribution in [-0.2, 0) is 19.9 Å². The zero-order valence-electron chi connectivity index (χ0n) is 16.0. The van der Waals surface area contributed by atoms with Crippen molar-refractivity contribution in [3.8, 4) is 0 Å². The lowest BCUT2D eigenvalue weighted by Crippen LogP contribution is -2.99. The van der Waals surface area contributed by atoms with Crippen molar-refractivity contribution in [3.63, 3.8) is 0 Å². The summed E-state index contributed by atoms with van der Waals surface area (Å²) in [5.74, 6) is -1.01. The normalized spacial score (nSPS) is 30.0. The first kappa shape index (κ1) is 18.4. The van der Waals surface area contributed by atoms with E-state index < -0.39 is 17.4 Å². The van der Waals surface area contributed by atoms with Gasteiger partial charge in [0, 0.05) is 12.0 Å². The Morgan fingerprint density at radius 3 is 2.52 bits per heavy atom. The number of nitrogens with one attached hydrogen (secondary N) is 1. The Kier molecular flexibility index (Phi) is 4.26. The van der Waals surface area contributed by atoms with Crippen LogP contribution in [0.5, 0.6) is 0 Å². The molecule has 0 radical (unpaired) electrons. The minimum Gasteiger partial charge on any atom is -0.326 e. The molecule has 1 spiro atoms. The molecule has 0 bridgehead atoms. The lowest BCUT2D eigenvalue weighted by molar-refractivity contribution is -0.733. The van der Waals surface area contributed by atoms with E-state index in [9.17, 15) is 14.4 Å². The predicted molar refractivity (Wildman–Crippen MR) is 111 cm³/mol. The van der Waals surface area contributed by atoms with Crippen LogP contribution in [0.1, 0.15) is 12.0 Å². The van der Waals surface area contributed by atoms with E-state index >= 15 is 0 Å². The van der Waals surface area contributed by atoms with Crippen LogP contribution >= 0.6 is 11.8 Å². The fourth-order valence-corrected chi connectivity index (χ4v) is 5.78. The van der Waals surface area contributed by atoms with E-state index in [0.717, 1.165) is 23.4 Å². The van der Waals surface area contributed by atoms with Gasteiger partial charge >= 0.3 is 0 Å². The van der Waals surface area contributed by atoms with Crippen LogP contribution in [0, 0.1) is 11.8 Å². The lowest BCUT2D eigenvalue weighted by atomic mass is 9.76. The Morgan fingerprint density at radius 2 is 1.76 bits per heavy atom. The number of para-hydroxylation sites is 2. The van der Waals surface area contributed by atoms with E-state index in [1.54, 1.807) is 23.9 Å². The van der Waals surface area contributed by atoms with Crippen molar-refractivity contribution in [3.05, 3.63) is 60.2 Å². The van der Waals surface area contributed by atoms with Crippen LogP contribution in [0.15, 0.2) is 54.6 Å². The maximum Gasteiger partial charge on any atom is 0.291 e. The number of quaternary nitrogens is 1. The highest BCUT2D eigenvalue weighted by Crippen LogP contribution is 2.50. The summed E-state index contributed by atoms with van der Waals surface area (Å²) < 4.78 is 0. The molecule has 3 N–H and O–H groups in total. The lowest BCUT2D eigenvalue weighted by Gasteiger charge is -2.26. The van der Waals surface area contributed by atoms with Crippen molar-refractivity contribution < 1.29 is 19.7 Å². The quantitative estimate of drug-likeness (QED) is 0.748. The van der Waals surface area contributed by atoms with Gasteiger partial charge in [0.25, 0.3) is 5.91 Å². The fourth-order valence-electron chi connectivity index (χ4n) is 5.27. The van der Waals surface area contributed by atoms with E-state index in [1.807, 2.05) is 54.0 Å². The topological polar surface area (TPSA) is 83.1 Å². The number of fused-ring (bicyclic) bond motifs is 4. The van der Waals surface area contributed by atoms with Crippen LogP contribution in [0.2, 0.25) is 0 Å². The molecule has 0 aliphatic carbocycles. The minimum absolute atomic E-state index is 0.116. The van der Waals surface area contributed by atoms with Crippen molar-refractivity contribution in [2.24, 2.45) is 11.8 Å². The van der Waals surface area contributed by atoms with E-state index in [2.05, 4.69) is 5.32 Å². The molecule has 2 fully saturated rings. The number of benzene rings is 2. The first-order chi connectivity index (χ1) is 14.1. The van der Waals surface area contributed by atoms with Crippen LogP contribution in [0.25, 0.3) is 0 Å². The Morgan fingerprint density at radius 1 is 1.03 bits per heavy atom.